The number of hydrogen-bond donors (Lipinski definition) is 1. The van der Waals surface area contributed by atoms with E-state index in [-0.39, 0.29) is 34.3 Å². The summed E-state index contributed by atoms with van der Waals surface area (Å²) in [6, 6.07) is 10.5. The predicted octanol–water partition coefficient (Wildman–Crippen LogP) is 5.20. The van der Waals surface area contributed by atoms with Gasteiger partial charge >= 0.3 is 0 Å². The summed E-state index contributed by atoms with van der Waals surface area (Å²) in [7, 11) is 0. The fourth-order valence-corrected chi connectivity index (χ4v) is 5.58. The monoisotopic (exact) mass is 407 g/mol. The molecule has 0 radical (unpaired) electrons. The van der Waals surface area contributed by atoms with Crippen molar-refractivity contribution in [3.63, 3.8) is 0 Å². The van der Waals surface area contributed by atoms with Gasteiger partial charge in [0.05, 0.1) is 11.2 Å². The number of hydrogen-bond acceptors (Lipinski definition) is 3. The van der Waals surface area contributed by atoms with Gasteiger partial charge in [-0.2, -0.15) is 0 Å². The van der Waals surface area contributed by atoms with Gasteiger partial charge in [-0.25, -0.2) is 18.7 Å². The van der Waals surface area contributed by atoms with E-state index in [0.29, 0.717) is 11.5 Å². The van der Waals surface area contributed by atoms with Gasteiger partial charge < -0.3 is 5.32 Å². The number of nitrogens with one attached hydrogen (secondary N) is 1. The SMILES string of the molecule is Cc1nc(CC23CC(C(C)C(=O)Nc4ccc(F)cc4)(C2)C3)c2cc(F)ccc2n1. The number of aryl methyl sites for hydroxylation is 1. The number of amides is 1. The molecule has 30 heavy (non-hydrogen) atoms. The van der Waals surface area contributed by atoms with E-state index in [4.69, 9.17) is 0 Å². The molecule has 1 unspecified atom stereocenters. The van der Waals surface area contributed by atoms with Crippen molar-refractivity contribution in [2.45, 2.75) is 39.5 Å². The zero-order valence-electron chi connectivity index (χ0n) is 17.0. The van der Waals surface area contributed by atoms with Gasteiger partial charge in [-0.1, -0.05) is 6.92 Å². The zero-order chi connectivity index (χ0) is 21.1. The molecule has 3 aliphatic carbocycles. The van der Waals surface area contributed by atoms with Crippen LogP contribution in [0.1, 0.15) is 37.7 Å². The first-order valence-corrected chi connectivity index (χ1v) is 10.3. The van der Waals surface area contributed by atoms with Gasteiger partial charge in [-0.05, 0) is 85.9 Å². The van der Waals surface area contributed by atoms with Crippen LogP contribution in [0.3, 0.4) is 0 Å². The van der Waals surface area contributed by atoms with E-state index in [2.05, 4.69) is 15.3 Å². The number of carbonyl (C=O) groups excluding carboxylic acids is 1. The Bertz CT molecular complexity index is 1140. The molecule has 3 saturated carbocycles. The van der Waals surface area contributed by atoms with E-state index >= 15 is 0 Å². The molecule has 2 bridgehead atoms. The molecule has 0 saturated heterocycles. The minimum Gasteiger partial charge on any atom is -0.326 e. The van der Waals surface area contributed by atoms with Crippen molar-refractivity contribution in [3.05, 3.63) is 65.6 Å². The molecule has 3 fully saturated rings. The normalized spacial score (nSPS) is 25.3. The maximum Gasteiger partial charge on any atom is 0.227 e. The van der Waals surface area contributed by atoms with Crippen molar-refractivity contribution in [1.29, 1.82) is 0 Å². The van der Waals surface area contributed by atoms with Crippen LogP contribution in [0.15, 0.2) is 42.5 Å². The Morgan fingerprint density at radius 3 is 2.43 bits per heavy atom. The summed E-state index contributed by atoms with van der Waals surface area (Å²) >= 11 is 0. The Hall–Kier alpha value is -2.89. The van der Waals surface area contributed by atoms with E-state index < -0.39 is 0 Å². The van der Waals surface area contributed by atoms with E-state index in [0.717, 1.165) is 42.3 Å². The minimum atomic E-state index is -0.324. The molecule has 6 rings (SSSR count). The number of anilines is 1. The molecule has 1 N–H and O–H groups in total. The van der Waals surface area contributed by atoms with Crippen LogP contribution in [0.2, 0.25) is 0 Å². The number of halogens is 2. The molecular formula is C24H23F2N3O. The van der Waals surface area contributed by atoms with Crippen LogP contribution in [-0.4, -0.2) is 15.9 Å². The molecule has 1 amide bonds. The molecule has 0 spiro atoms. The lowest BCUT2D eigenvalue weighted by molar-refractivity contribution is -0.228. The predicted molar refractivity (Wildman–Crippen MR) is 111 cm³/mol. The number of aromatic nitrogens is 2. The van der Waals surface area contributed by atoms with Crippen molar-refractivity contribution in [2.75, 3.05) is 5.32 Å². The summed E-state index contributed by atoms with van der Waals surface area (Å²) < 4.78 is 26.9. The van der Waals surface area contributed by atoms with E-state index in [1.54, 1.807) is 18.2 Å². The van der Waals surface area contributed by atoms with Gasteiger partial charge in [-0.3, -0.25) is 4.79 Å². The van der Waals surface area contributed by atoms with E-state index in [1.807, 2.05) is 13.8 Å². The zero-order valence-corrected chi connectivity index (χ0v) is 17.0. The van der Waals surface area contributed by atoms with Crippen LogP contribution < -0.4 is 5.32 Å². The second-order valence-corrected chi connectivity index (χ2v) is 9.17. The topological polar surface area (TPSA) is 54.9 Å². The van der Waals surface area contributed by atoms with E-state index in [1.165, 1.54) is 24.3 Å². The van der Waals surface area contributed by atoms with Crippen LogP contribution in [-0.2, 0) is 11.2 Å². The van der Waals surface area contributed by atoms with Crippen molar-refractivity contribution < 1.29 is 13.6 Å². The molecule has 3 aliphatic rings. The van der Waals surface area contributed by atoms with Crippen LogP contribution in [0, 0.1) is 35.3 Å². The van der Waals surface area contributed by atoms with Crippen LogP contribution in [0.25, 0.3) is 10.9 Å². The summed E-state index contributed by atoms with van der Waals surface area (Å²) in [5.74, 6) is -0.0605. The summed E-state index contributed by atoms with van der Waals surface area (Å²) in [6.45, 7) is 3.83. The largest absolute Gasteiger partial charge is 0.326 e. The molecular weight excluding hydrogens is 384 g/mol. The number of carbonyl (C=O) groups is 1. The average molecular weight is 407 g/mol. The molecule has 4 nitrogen and oxygen atoms in total. The number of fused-ring (bicyclic) bond motifs is 1. The lowest BCUT2D eigenvalue weighted by Crippen LogP contribution is -2.66. The Labute approximate surface area is 173 Å². The summed E-state index contributed by atoms with van der Waals surface area (Å²) in [5, 5.41) is 3.68. The molecule has 1 heterocycles. The summed E-state index contributed by atoms with van der Waals surface area (Å²) in [5.41, 5.74) is 2.44. The fraction of sp³-hybridized carbons (Fsp3) is 0.375. The highest BCUT2D eigenvalue weighted by molar-refractivity contribution is 5.93. The Kier molecular flexibility index (Phi) is 4.17. The second-order valence-electron chi connectivity index (χ2n) is 9.17. The van der Waals surface area contributed by atoms with Gasteiger partial charge in [-0.15, -0.1) is 0 Å². The quantitative estimate of drug-likeness (QED) is 0.632. The van der Waals surface area contributed by atoms with Crippen molar-refractivity contribution >= 4 is 22.5 Å². The third-order valence-corrected chi connectivity index (χ3v) is 7.00. The minimum absolute atomic E-state index is 0.0211. The highest BCUT2D eigenvalue weighted by Gasteiger charge is 2.70. The third kappa shape index (κ3) is 3.06. The van der Waals surface area contributed by atoms with Crippen LogP contribution >= 0.6 is 0 Å². The van der Waals surface area contributed by atoms with Crippen molar-refractivity contribution in [3.8, 4) is 0 Å². The van der Waals surface area contributed by atoms with Gasteiger partial charge in [0.1, 0.15) is 17.5 Å². The Morgan fingerprint density at radius 2 is 1.73 bits per heavy atom. The van der Waals surface area contributed by atoms with Crippen molar-refractivity contribution in [2.24, 2.45) is 16.7 Å². The molecule has 1 aromatic heterocycles. The number of benzene rings is 2. The maximum absolute atomic E-state index is 13.8. The average Bonchev–Trinajstić information content (AvgIpc) is 2.65. The number of rotatable bonds is 5. The fourth-order valence-electron chi connectivity index (χ4n) is 5.58. The van der Waals surface area contributed by atoms with Gasteiger partial charge in [0.2, 0.25) is 5.91 Å². The van der Waals surface area contributed by atoms with E-state index in [9.17, 15) is 13.6 Å². The van der Waals surface area contributed by atoms with Gasteiger partial charge in [0, 0.05) is 17.0 Å². The molecule has 3 aromatic rings. The highest BCUT2D eigenvalue weighted by atomic mass is 19.1. The lowest BCUT2D eigenvalue weighted by atomic mass is 9.31. The summed E-state index contributed by atoms with van der Waals surface area (Å²) in [6.07, 6.45) is 3.69. The Morgan fingerprint density at radius 1 is 1.07 bits per heavy atom. The standard InChI is InChI=1S/C24H23F2N3O/c1-14(22(30)29-18-6-3-16(25)4-7-18)24-11-23(12-24,13-24)10-21-19-9-17(26)5-8-20(19)27-15(2)28-21/h3-9,14H,10-13H2,1-2H3,(H,29,30). The van der Waals surface area contributed by atoms with Crippen molar-refractivity contribution in [1.82, 2.24) is 9.97 Å². The smallest absolute Gasteiger partial charge is 0.227 e. The molecule has 154 valence electrons. The van der Waals surface area contributed by atoms with Crippen LogP contribution in [0.4, 0.5) is 14.5 Å². The van der Waals surface area contributed by atoms with Gasteiger partial charge in [0.15, 0.2) is 0 Å². The molecule has 1 atom stereocenters. The maximum atomic E-state index is 13.8. The first-order chi connectivity index (χ1) is 14.3. The van der Waals surface area contributed by atoms with Crippen LogP contribution in [0.5, 0.6) is 0 Å². The molecule has 6 heteroatoms. The lowest BCUT2D eigenvalue weighted by Gasteiger charge is -2.73. The number of nitrogens with zero attached hydrogens (tertiary/aromatic N) is 2. The Balaban J connectivity index is 1.28. The molecule has 2 aromatic carbocycles. The molecule has 0 aliphatic heterocycles. The first-order valence-electron chi connectivity index (χ1n) is 10.3. The second kappa shape index (κ2) is 6.56. The first kappa shape index (κ1) is 19.1. The third-order valence-electron chi connectivity index (χ3n) is 7.00. The highest BCUT2D eigenvalue weighted by Crippen LogP contribution is 2.77. The van der Waals surface area contributed by atoms with Gasteiger partial charge in [0.25, 0.3) is 0 Å². The summed E-state index contributed by atoms with van der Waals surface area (Å²) in [4.78, 5) is 21.7.